The van der Waals surface area contributed by atoms with Gasteiger partial charge in [0.05, 0.1) is 31.3 Å². The number of nitrogens with one attached hydrogen (secondary N) is 1. The van der Waals surface area contributed by atoms with Gasteiger partial charge >= 0.3 is 0 Å². The number of benzene rings is 2. The molecule has 1 N–H and O–H groups in total. The minimum Gasteiger partial charge on any atom is -0.497 e. The van der Waals surface area contributed by atoms with Gasteiger partial charge in [-0.3, -0.25) is 14.6 Å². The Bertz CT molecular complexity index is 1050. The van der Waals surface area contributed by atoms with Gasteiger partial charge in [0.1, 0.15) is 5.75 Å². The van der Waals surface area contributed by atoms with Crippen molar-refractivity contribution in [1.82, 2.24) is 15.2 Å². The molecular formula is C24H23N3O3. The lowest BCUT2D eigenvalue weighted by Gasteiger charge is -2.39. The van der Waals surface area contributed by atoms with Gasteiger partial charge in [-0.25, -0.2) is 0 Å². The summed E-state index contributed by atoms with van der Waals surface area (Å²) in [5, 5.41) is 3.00. The fourth-order valence-corrected chi connectivity index (χ4v) is 3.97. The first kappa shape index (κ1) is 19.6. The van der Waals surface area contributed by atoms with Gasteiger partial charge in [0, 0.05) is 18.8 Å². The molecule has 3 aromatic rings. The third kappa shape index (κ3) is 3.64. The summed E-state index contributed by atoms with van der Waals surface area (Å²) in [6.45, 7) is 0.325. The number of fused-ring (bicyclic) bond motifs is 1. The fourth-order valence-electron chi connectivity index (χ4n) is 3.97. The number of nitrogens with zero attached hydrogens (tertiary/aromatic N) is 2. The standard InChI is InChI=1S/C24H23N3O3/c1-27-22(16-10-12-18(30-2)13-11-16)21(19-8-3-4-9-20(19)24(27)29)23(28)26-15-17-7-5-6-14-25-17/h3-14,21-22H,15H2,1-2H3,(H,26,28)/t21-,22-/m0/s1. The summed E-state index contributed by atoms with van der Waals surface area (Å²) in [6, 6.07) is 20.0. The number of methoxy groups -OCH3 is 1. The Balaban J connectivity index is 1.72. The monoisotopic (exact) mass is 401 g/mol. The molecule has 1 aliphatic rings. The number of carbonyl (C=O) groups excluding carboxylic acids is 2. The molecule has 6 heteroatoms. The van der Waals surface area contributed by atoms with Gasteiger partial charge in [-0.2, -0.15) is 0 Å². The molecule has 0 aliphatic carbocycles. The summed E-state index contributed by atoms with van der Waals surface area (Å²) in [4.78, 5) is 32.3. The van der Waals surface area contributed by atoms with Crippen molar-refractivity contribution in [2.45, 2.75) is 18.5 Å². The number of carbonyl (C=O) groups is 2. The number of likely N-dealkylation sites (N-methyl/N-ethyl adjacent to an activating group) is 1. The lowest BCUT2D eigenvalue weighted by Crippen LogP contribution is -2.45. The van der Waals surface area contributed by atoms with Crippen molar-refractivity contribution in [3.8, 4) is 5.75 Å². The second kappa shape index (κ2) is 8.37. The van der Waals surface area contributed by atoms with Crippen LogP contribution in [0.5, 0.6) is 5.75 Å². The summed E-state index contributed by atoms with van der Waals surface area (Å²) in [5.74, 6) is -0.0606. The molecule has 2 atom stereocenters. The van der Waals surface area contributed by atoms with E-state index in [4.69, 9.17) is 4.74 Å². The van der Waals surface area contributed by atoms with E-state index in [-0.39, 0.29) is 11.8 Å². The minimum absolute atomic E-state index is 0.0970. The Morgan fingerprint density at radius 1 is 1.07 bits per heavy atom. The van der Waals surface area contributed by atoms with Crippen molar-refractivity contribution < 1.29 is 14.3 Å². The summed E-state index contributed by atoms with van der Waals surface area (Å²) < 4.78 is 5.26. The maximum absolute atomic E-state index is 13.4. The maximum atomic E-state index is 13.4. The van der Waals surface area contributed by atoms with Crippen LogP contribution in [0.1, 0.15) is 39.1 Å². The van der Waals surface area contributed by atoms with E-state index >= 15 is 0 Å². The molecule has 152 valence electrons. The van der Waals surface area contributed by atoms with Gasteiger partial charge in [0.15, 0.2) is 0 Å². The average Bonchev–Trinajstić information content (AvgIpc) is 2.80. The zero-order chi connectivity index (χ0) is 21.1. The van der Waals surface area contributed by atoms with Crippen molar-refractivity contribution in [3.05, 3.63) is 95.3 Å². The minimum atomic E-state index is -0.541. The Kier molecular flexibility index (Phi) is 5.48. The quantitative estimate of drug-likeness (QED) is 0.712. The van der Waals surface area contributed by atoms with Crippen LogP contribution in [0, 0.1) is 0 Å². The third-order valence-electron chi connectivity index (χ3n) is 5.49. The van der Waals surface area contributed by atoms with Crippen LogP contribution in [-0.2, 0) is 11.3 Å². The zero-order valence-electron chi connectivity index (χ0n) is 16.9. The fraction of sp³-hybridized carbons (Fsp3) is 0.208. The number of rotatable bonds is 5. The number of pyridine rings is 1. The summed E-state index contributed by atoms with van der Waals surface area (Å²) >= 11 is 0. The third-order valence-corrected chi connectivity index (χ3v) is 5.49. The van der Waals surface area contributed by atoms with Gasteiger partial charge in [0.25, 0.3) is 5.91 Å². The SMILES string of the molecule is COc1ccc([C@H]2[C@@H](C(=O)NCc3ccccn3)c3ccccc3C(=O)N2C)cc1. The van der Waals surface area contributed by atoms with Crippen molar-refractivity contribution in [2.75, 3.05) is 14.2 Å². The highest BCUT2D eigenvalue weighted by Crippen LogP contribution is 2.42. The van der Waals surface area contributed by atoms with Crippen LogP contribution >= 0.6 is 0 Å². The second-order valence-electron chi connectivity index (χ2n) is 7.24. The maximum Gasteiger partial charge on any atom is 0.254 e. The predicted octanol–water partition coefficient (Wildman–Crippen LogP) is 3.32. The topological polar surface area (TPSA) is 71.5 Å². The van der Waals surface area contributed by atoms with Crippen LogP contribution in [0.15, 0.2) is 72.9 Å². The molecular weight excluding hydrogens is 378 g/mol. The van der Waals surface area contributed by atoms with Crippen molar-refractivity contribution in [1.29, 1.82) is 0 Å². The van der Waals surface area contributed by atoms with E-state index in [2.05, 4.69) is 10.3 Å². The second-order valence-corrected chi connectivity index (χ2v) is 7.24. The molecule has 2 heterocycles. The highest BCUT2D eigenvalue weighted by atomic mass is 16.5. The summed E-state index contributed by atoms with van der Waals surface area (Å²) in [6.07, 6.45) is 1.70. The van der Waals surface area contributed by atoms with Crippen molar-refractivity contribution in [3.63, 3.8) is 0 Å². The van der Waals surface area contributed by atoms with E-state index in [0.29, 0.717) is 12.1 Å². The van der Waals surface area contributed by atoms with Gasteiger partial charge < -0.3 is 15.0 Å². The molecule has 2 aromatic carbocycles. The lowest BCUT2D eigenvalue weighted by atomic mass is 9.79. The number of hydrogen-bond donors (Lipinski definition) is 1. The van der Waals surface area contributed by atoms with E-state index < -0.39 is 12.0 Å². The molecule has 2 amide bonds. The first-order valence-electron chi connectivity index (χ1n) is 9.78. The molecule has 0 spiro atoms. The average molecular weight is 401 g/mol. The molecule has 1 aromatic heterocycles. The van der Waals surface area contributed by atoms with Crippen molar-refractivity contribution >= 4 is 11.8 Å². The normalized spacial score (nSPS) is 17.9. The first-order valence-corrected chi connectivity index (χ1v) is 9.78. The van der Waals surface area contributed by atoms with E-state index in [9.17, 15) is 9.59 Å². The van der Waals surface area contributed by atoms with Gasteiger partial charge in [-0.05, 0) is 41.5 Å². The molecule has 30 heavy (non-hydrogen) atoms. The molecule has 0 fully saturated rings. The zero-order valence-corrected chi connectivity index (χ0v) is 16.9. The van der Waals surface area contributed by atoms with E-state index in [1.54, 1.807) is 31.3 Å². The van der Waals surface area contributed by atoms with E-state index in [0.717, 1.165) is 22.6 Å². The van der Waals surface area contributed by atoms with Crippen LogP contribution in [-0.4, -0.2) is 35.9 Å². The Hall–Kier alpha value is -3.67. The van der Waals surface area contributed by atoms with Gasteiger partial charge in [-0.1, -0.05) is 36.4 Å². The van der Waals surface area contributed by atoms with Gasteiger partial charge in [-0.15, -0.1) is 0 Å². The molecule has 0 saturated carbocycles. The smallest absolute Gasteiger partial charge is 0.254 e. The molecule has 0 unspecified atom stereocenters. The number of ether oxygens (including phenoxy) is 1. The molecule has 0 radical (unpaired) electrons. The molecule has 0 saturated heterocycles. The predicted molar refractivity (Wildman–Crippen MR) is 113 cm³/mol. The number of hydrogen-bond acceptors (Lipinski definition) is 4. The Morgan fingerprint density at radius 2 is 1.80 bits per heavy atom. The molecule has 4 rings (SSSR count). The Labute approximate surface area is 175 Å². The molecule has 6 nitrogen and oxygen atoms in total. The largest absolute Gasteiger partial charge is 0.497 e. The first-order chi connectivity index (χ1) is 14.6. The van der Waals surface area contributed by atoms with E-state index in [1.165, 1.54) is 0 Å². The van der Waals surface area contributed by atoms with Crippen molar-refractivity contribution in [2.24, 2.45) is 0 Å². The van der Waals surface area contributed by atoms with Gasteiger partial charge in [0.2, 0.25) is 5.91 Å². The summed E-state index contributed by atoms with van der Waals surface area (Å²) in [7, 11) is 3.35. The Morgan fingerprint density at radius 3 is 2.50 bits per heavy atom. The van der Waals surface area contributed by atoms with Crippen LogP contribution in [0.25, 0.3) is 0 Å². The number of amides is 2. The lowest BCUT2D eigenvalue weighted by molar-refractivity contribution is -0.124. The van der Waals surface area contributed by atoms with Crippen LogP contribution in [0.3, 0.4) is 0 Å². The highest BCUT2D eigenvalue weighted by Gasteiger charge is 2.42. The molecule has 0 bridgehead atoms. The van der Waals surface area contributed by atoms with E-state index in [1.807, 2.05) is 60.7 Å². The highest BCUT2D eigenvalue weighted by molar-refractivity contribution is 6.01. The van der Waals surface area contributed by atoms with Crippen LogP contribution in [0.2, 0.25) is 0 Å². The van der Waals surface area contributed by atoms with Crippen LogP contribution < -0.4 is 10.1 Å². The number of aromatic nitrogens is 1. The summed E-state index contributed by atoms with van der Waals surface area (Å²) in [5.41, 5.74) is 2.95. The molecule has 1 aliphatic heterocycles. The van der Waals surface area contributed by atoms with Crippen LogP contribution in [0.4, 0.5) is 0 Å².